The third-order valence-corrected chi connectivity index (χ3v) is 3.66. The van der Waals surface area contributed by atoms with E-state index < -0.39 is 0 Å². The first-order valence-corrected chi connectivity index (χ1v) is 7.60. The minimum atomic E-state index is 0.602. The molecule has 0 saturated carbocycles. The van der Waals surface area contributed by atoms with Gasteiger partial charge in [0.15, 0.2) is 5.11 Å². The molecule has 0 atom stereocenters. The fraction of sp³-hybridized carbons (Fsp3) is 0.133. The Morgan fingerprint density at radius 3 is 2.37 bits per heavy atom. The maximum Gasteiger partial charge on any atom is 0.175 e. The van der Waals surface area contributed by atoms with Crippen LogP contribution >= 0.6 is 24.0 Å². The summed E-state index contributed by atoms with van der Waals surface area (Å²) in [6, 6.07) is 16.3. The first kappa shape index (κ1) is 13.9. The third-order valence-electron chi connectivity index (χ3n) is 2.66. The Hall–Kier alpha value is -1.52. The largest absolute Gasteiger partial charge is 0.332 e. The Morgan fingerprint density at radius 1 is 1.00 bits per heavy atom. The van der Waals surface area contributed by atoms with Crippen molar-refractivity contribution in [2.75, 3.05) is 16.9 Å². The summed E-state index contributed by atoms with van der Waals surface area (Å²) in [5, 5.41) is 7.01. The fourth-order valence-corrected chi connectivity index (χ4v) is 2.45. The summed E-state index contributed by atoms with van der Waals surface area (Å²) in [5.41, 5.74) is 3.25. The van der Waals surface area contributed by atoms with Gasteiger partial charge in [-0.3, -0.25) is 0 Å². The lowest BCUT2D eigenvalue weighted by Crippen LogP contribution is -2.19. The summed E-state index contributed by atoms with van der Waals surface area (Å²) in [4.78, 5) is 1.18. The smallest absolute Gasteiger partial charge is 0.175 e. The lowest BCUT2D eigenvalue weighted by atomic mass is 10.2. The minimum absolute atomic E-state index is 0.602. The van der Waals surface area contributed by atoms with Crippen LogP contribution in [0.15, 0.2) is 53.4 Å². The topological polar surface area (TPSA) is 24.1 Å². The summed E-state index contributed by atoms with van der Waals surface area (Å²) in [6.07, 6.45) is 2.05. The molecule has 0 bridgehead atoms. The van der Waals surface area contributed by atoms with Gasteiger partial charge in [0, 0.05) is 10.6 Å². The Morgan fingerprint density at radius 2 is 1.68 bits per heavy atom. The molecular formula is C15H16N2S2. The first-order valence-electron chi connectivity index (χ1n) is 5.97. The number of thioether (sulfide) groups is 1. The molecule has 2 aromatic rings. The molecule has 0 radical (unpaired) electrons. The zero-order chi connectivity index (χ0) is 13.7. The van der Waals surface area contributed by atoms with Crippen molar-refractivity contribution < 1.29 is 0 Å². The molecule has 4 heteroatoms. The number of nitrogens with one attached hydrogen (secondary N) is 2. The lowest BCUT2D eigenvalue weighted by molar-refractivity contribution is 1.44. The molecule has 2 rings (SSSR count). The summed E-state index contributed by atoms with van der Waals surface area (Å²) < 4.78 is 0. The van der Waals surface area contributed by atoms with E-state index in [1.165, 1.54) is 10.5 Å². The first-order chi connectivity index (χ1) is 9.19. The van der Waals surface area contributed by atoms with E-state index in [1.807, 2.05) is 30.3 Å². The molecule has 0 unspecified atom stereocenters. The van der Waals surface area contributed by atoms with Gasteiger partial charge in [-0.05, 0) is 49.7 Å². The van der Waals surface area contributed by atoms with Crippen LogP contribution in [-0.4, -0.2) is 11.4 Å². The lowest BCUT2D eigenvalue weighted by Gasteiger charge is -2.13. The van der Waals surface area contributed by atoms with Gasteiger partial charge >= 0.3 is 0 Å². The van der Waals surface area contributed by atoms with E-state index in [-0.39, 0.29) is 0 Å². The van der Waals surface area contributed by atoms with Gasteiger partial charge in [0.1, 0.15) is 0 Å². The molecule has 0 aliphatic rings. The number of para-hydroxylation sites is 1. The van der Waals surface area contributed by atoms with E-state index in [9.17, 15) is 0 Å². The van der Waals surface area contributed by atoms with Crippen LogP contribution in [0.2, 0.25) is 0 Å². The van der Waals surface area contributed by atoms with Crippen molar-refractivity contribution >= 4 is 40.5 Å². The van der Waals surface area contributed by atoms with Gasteiger partial charge in [0.25, 0.3) is 0 Å². The van der Waals surface area contributed by atoms with E-state index in [0.29, 0.717) is 5.11 Å². The van der Waals surface area contributed by atoms with Crippen molar-refractivity contribution in [1.29, 1.82) is 0 Å². The molecule has 0 amide bonds. The zero-order valence-corrected chi connectivity index (χ0v) is 12.6. The van der Waals surface area contributed by atoms with Crippen LogP contribution in [0.25, 0.3) is 0 Å². The molecule has 19 heavy (non-hydrogen) atoms. The van der Waals surface area contributed by atoms with Crippen molar-refractivity contribution in [1.82, 2.24) is 0 Å². The second-order valence-corrected chi connectivity index (χ2v) is 5.40. The van der Waals surface area contributed by atoms with Crippen LogP contribution in [0.3, 0.4) is 0 Å². The Balaban J connectivity index is 2.03. The highest BCUT2D eigenvalue weighted by atomic mass is 32.2. The van der Waals surface area contributed by atoms with Gasteiger partial charge < -0.3 is 10.6 Å². The van der Waals surface area contributed by atoms with Crippen LogP contribution in [0.5, 0.6) is 0 Å². The summed E-state index contributed by atoms with van der Waals surface area (Å²) in [7, 11) is 0. The van der Waals surface area contributed by atoms with E-state index in [2.05, 4.69) is 42.0 Å². The molecular weight excluding hydrogens is 272 g/mol. The maximum atomic E-state index is 5.33. The van der Waals surface area contributed by atoms with E-state index >= 15 is 0 Å². The predicted molar refractivity (Wildman–Crippen MR) is 89.2 cm³/mol. The molecule has 0 fully saturated rings. The molecule has 0 spiro atoms. The number of benzene rings is 2. The number of rotatable bonds is 3. The van der Waals surface area contributed by atoms with Gasteiger partial charge in [-0.2, -0.15) is 0 Å². The number of aryl methyl sites for hydroxylation is 1. The molecule has 0 aliphatic carbocycles. The number of hydrogen-bond donors (Lipinski definition) is 2. The molecule has 0 saturated heterocycles. The average molecular weight is 288 g/mol. The third kappa shape index (κ3) is 3.98. The molecule has 98 valence electrons. The normalized spacial score (nSPS) is 10.0. The predicted octanol–water partition coefficient (Wildman–Crippen LogP) is 4.53. The van der Waals surface area contributed by atoms with E-state index in [4.69, 9.17) is 12.2 Å². The summed E-state index contributed by atoms with van der Waals surface area (Å²) in [5.74, 6) is 0. The standard InChI is InChI=1S/C15H16N2S2/c1-11-7-9-12(10-8-11)16-15(18)17-13-5-3-4-6-14(13)19-2/h3-10H,1-2H3,(H2,16,17,18). The van der Waals surface area contributed by atoms with Gasteiger partial charge in [-0.1, -0.05) is 29.8 Å². The quantitative estimate of drug-likeness (QED) is 0.640. The monoisotopic (exact) mass is 288 g/mol. The summed E-state index contributed by atoms with van der Waals surface area (Å²) >= 11 is 7.02. The number of thiocarbonyl (C=S) groups is 1. The highest BCUT2D eigenvalue weighted by Crippen LogP contribution is 2.24. The molecule has 0 aromatic heterocycles. The number of anilines is 2. The molecule has 2 nitrogen and oxygen atoms in total. The molecule has 2 N–H and O–H groups in total. The molecule has 0 heterocycles. The maximum absolute atomic E-state index is 5.33. The second-order valence-electron chi connectivity index (χ2n) is 4.15. The zero-order valence-electron chi connectivity index (χ0n) is 10.9. The Kier molecular flexibility index (Phi) is 4.82. The van der Waals surface area contributed by atoms with Crippen LogP contribution < -0.4 is 10.6 Å². The van der Waals surface area contributed by atoms with Crippen LogP contribution in [0.4, 0.5) is 11.4 Å². The van der Waals surface area contributed by atoms with Gasteiger partial charge in [0.05, 0.1) is 5.69 Å². The molecule has 2 aromatic carbocycles. The Bertz CT molecular complexity index is 565. The molecule has 0 aliphatic heterocycles. The SMILES string of the molecule is CSc1ccccc1NC(=S)Nc1ccc(C)cc1. The second kappa shape index (κ2) is 6.59. The highest BCUT2D eigenvalue weighted by molar-refractivity contribution is 7.98. The van der Waals surface area contributed by atoms with Gasteiger partial charge in [-0.15, -0.1) is 11.8 Å². The van der Waals surface area contributed by atoms with Crippen molar-refractivity contribution in [3.8, 4) is 0 Å². The minimum Gasteiger partial charge on any atom is -0.332 e. The van der Waals surface area contributed by atoms with E-state index in [1.54, 1.807) is 11.8 Å². The van der Waals surface area contributed by atoms with Crippen molar-refractivity contribution in [2.24, 2.45) is 0 Å². The summed E-state index contributed by atoms with van der Waals surface area (Å²) in [6.45, 7) is 2.06. The van der Waals surface area contributed by atoms with Crippen molar-refractivity contribution in [3.63, 3.8) is 0 Å². The fourth-order valence-electron chi connectivity index (χ4n) is 1.67. The van der Waals surface area contributed by atoms with Crippen molar-refractivity contribution in [2.45, 2.75) is 11.8 Å². The van der Waals surface area contributed by atoms with Crippen LogP contribution in [0, 0.1) is 6.92 Å². The highest BCUT2D eigenvalue weighted by Gasteiger charge is 2.03. The van der Waals surface area contributed by atoms with E-state index in [0.717, 1.165) is 11.4 Å². The Labute approximate surface area is 123 Å². The van der Waals surface area contributed by atoms with Crippen LogP contribution in [0.1, 0.15) is 5.56 Å². The van der Waals surface area contributed by atoms with Crippen molar-refractivity contribution in [3.05, 3.63) is 54.1 Å². The van der Waals surface area contributed by atoms with Crippen LogP contribution in [-0.2, 0) is 0 Å². The number of hydrogen-bond acceptors (Lipinski definition) is 2. The van der Waals surface area contributed by atoms with Gasteiger partial charge in [-0.25, -0.2) is 0 Å². The van der Waals surface area contributed by atoms with Gasteiger partial charge in [0.2, 0.25) is 0 Å². The average Bonchev–Trinajstić information content (AvgIpc) is 2.42.